The van der Waals surface area contributed by atoms with Crippen LogP contribution in [-0.4, -0.2) is 31.8 Å². The van der Waals surface area contributed by atoms with E-state index in [1.807, 2.05) is 0 Å². The third kappa shape index (κ3) is 3.80. The summed E-state index contributed by atoms with van der Waals surface area (Å²) < 4.78 is 10.0. The molecule has 88 valence electrons. The number of carbonyl (C=O) groups is 1. The summed E-state index contributed by atoms with van der Waals surface area (Å²) in [6, 6.07) is 0. The Bertz CT molecular complexity index is 200. The summed E-state index contributed by atoms with van der Waals surface area (Å²) in [7, 11) is 1.63. The molecule has 0 radical (unpaired) electrons. The second kappa shape index (κ2) is 6.08. The van der Waals surface area contributed by atoms with E-state index in [4.69, 9.17) is 15.2 Å². The number of esters is 1. The van der Waals surface area contributed by atoms with Gasteiger partial charge in [-0.15, -0.1) is 0 Å². The molecule has 4 heteroatoms. The maximum atomic E-state index is 11.7. The molecule has 1 saturated carbocycles. The van der Waals surface area contributed by atoms with E-state index in [0.717, 1.165) is 32.1 Å². The first kappa shape index (κ1) is 12.5. The van der Waals surface area contributed by atoms with Crippen LogP contribution in [0, 0.1) is 0 Å². The monoisotopic (exact) mass is 215 g/mol. The molecule has 4 nitrogen and oxygen atoms in total. The number of hydrogen-bond donors (Lipinski definition) is 1. The topological polar surface area (TPSA) is 61.5 Å². The van der Waals surface area contributed by atoms with Crippen molar-refractivity contribution in [1.29, 1.82) is 0 Å². The average molecular weight is 215 g/mol. The van der Waals surface area contributed by atoms with E-state index in [9.17, 15) is 4.79 Å². The zero-order chi connectivity index (χ0) is 11.1. The van der Waals surface area contributed by atoms with Crippen LogP contribution in [-0.2, 0) is 14.3 Å². The second-order valence-corrected chi connectivity index (χ2v) is 4.20. The molecule has 0 aromatic rings. The lowest BCUT2D eigenvalue weighted by molar-refractivity contribution is -0.151. The van der Waals surface area contributed by atoms with Crippen LogP contribution in [0.4, 0.5) is 0 Å². The summed E-state index contributed by atoms with van der Waals surface area (Å²) in [4.78, 5) is 11.7. The normalized spacial score (nSPS) is 19.9. The van der Waals surface area contributed by atoms with Gasteiger partial charge in [0.25, 0.3) is 0 Å². The Morgan fingerprint density at radius 1 is 1.27 bits per heavy atom. The standard InChI is InChI=1S/C11H21NO3/c1-14-8-5-9-15-10(13)11(12)6-3-2-4-7-11/h2-9,12H2,1H3. The number of rotatable bonds is 5. The molecule has 0 saturated heterocycles. The first-order valence-corrected chi connectivity index (χ1v) is 5.64. The van der Waals surface area contributed by atoms with E-state index < -0.39 is 5.54 Å². The van der Waals surface area contributed by atoms with Crippen LogP contribution in [0.2, 0.25) is 0 Å². The lowest BCUT2D eigenvalue weighted by Crippen LogP contribution is -2.50. The maximum absolute atomic E-state index is 11.7. The van der Waals surface area contributed by atoms with Crippen LogP contribution < -0.4 is 5.73 Å². The molecule has 2 N–H and O–H groups in total. The minimum Gasteiger partial charge on any atom is -0.464 e. The third-order valence-electron chi connectivity index (χ3n) is 2.88. The number of carbonyl (C=O) groups excluding carboxylic acids is 1. The minimum absolute atomic E-state index is 0.238. The van der Waals surface area contributed by atoms with Gasteiger partial charge in [-0.1, -0.05) is 19.3 Å². The smallest absolute Gasteiger partial charge is 0.326 e. The molecule has 1 rings (SSSR count). The Kier molecular flexibility index (Phi) is 5.05. The van der Waals surface area contributed by atoms with Crippen molar-refractivity contribution in [2.75, 3.05) is 20.3 Å². The molecule has 0 amide bonds. The average Bonchev–Trinajstić information content (AvgIpc) is 2.25. The summed E-state index contributed by atoms with van der Waals surface area (Å²) in [6.07, 6.45) is 5.49. The predicted molar refractivity (Wildman–Crippen MR) is 57.5 cm³/mol. The molecule has 0 spiro atoms. The first-order chi connectivity index (χ1) is 7.19. The van der Waals surface area contributed by atoms with Gasteiger partial charge in [-0.2, -0.15) is 0 Å². The number of hydrogen-bond acceptors (Lipinski definition) is 4. The fourth-order valence-corrected chi connectivity index (χ4v) is 1.90. The summed E-state index contributed by atoms with van der Waals surface area (Å²) >= 11 is 0. The molecule has 15 heavy (non-hydrogen) atoms. The quantitative estimate of drug-likeness (QED) is 0.553. The Morgan fingerprint density at radius 2 is 1.93 bits per heavy atom. The van der Waals surface area contributed by atoms with Gasteiger partial charge in [0.05, 0.1) is 6.61 Å². The van der Waals surface area contributed by atoms with E-state index >= 15 is 0 Å². The summed E-state index contributed by atoms with van der Waals surface area (Å²) in [5.41, 5.74) is 5.29. The lowest BCUT2D eigenvalue weighted by Gasteiger charge is -2.30. The van der Waals surface area contributed by atoms with Crippen molar-refractivity contribution in [2.24, 2.45) is 5.73 Å². The maximum Gasteiger partial charge on any atom is 0.326 e. The van der Waals surface area contributed by atoms with Gasteiger partial charge in [0.2, 0.25) is 0 Å². The molecule has 0 heterocycles. The minimum atomic E-state index is -0.717. The van der Waals surface area contributed by atoms with Gasteiger partial charge in [0.15, 0.2) is 0 Å². The summed E-state index contributed by atoms with van der Waals surface area (Å²) in [5.74, 6) is -0.238. The van der Waals surface area contributed by atoms with Gasteiger partial charge < -0.3 is 15.2 Å². The largest absolute Gasteiger partial charge is 0.464 e. The van der Waals surface area contributed by atoms with Crippen LogP contribution in [0.15, 0.2) is 0 Å². The fourth-order valence-electron chi connectivity index (χ4n) is 1.90. The lowest BCUT2D eigenvalue weighted by atomic mass is 9.83. The van der Waals surface area contributed by atoms with Gasteiger partial charge >= 0.3 is 5.97 Å². The molecular formula is C11H21NO3. The molecule has 0 unspecified atom stereocenters. The van der Waals surface area contributed by atoms with Gasteiger partial charge in [0.1, 0.15) is 5.54 Å². The first-order valence-electron chi connectivity index (χ1n) is 5.64. The third-order valence-corrected chi connectivity index (χ3v) is 2.88. The fraction of sp³-hybridized carbons (Fsp3) is 0.909. The molecule has 0 aliphatic heterocycles. The van der Waals surface area contributed by atoms with E-state index in [0.29, 0.717) is 13.2 Å². The van der Waals surface area contributed by atoms with Gasteiger partial charge in [-0.25, -0.2) is 0 Å². The van der Waals surface area contributed by atoms with E-state index in [1.165, 1.54) is 6.42 Å². The highest BCUT2D eigenvalue weighted by molar-refractivity contribution is 5.80. The molecule has 1 fully saturated rings. The van der Waals surface area contributed by atoms with Crippen molar-refractivity contribution in [2.45, 2.75) is 44.1 Å². The van der Waals surface area contributed by atoms with Gasteiger partial charge in [0, 0.05) is 20.1 Å². The molecule has 1 aliphatic rings. The van der Waals surface area contributed by atoms with Crippen molar-refractivity contribution >= 4 is 5.97 Å². The summed E-state index contributed by atoms with van der Waals surface area (Å²) in [6.45, 7) is 1.02. The number of ether oxygens (including phenoxy) is 2. The van der Waals surface area contributed by atoms with Crippen molar-refractivity contribution in [3.05, 3.63) is 0 Å². The second-order valence-electron chi connectivity index (χ2n) is 4.20. The Morgan fingerprint density at radius 3 is 2.53 bits per heavy atom. The highest BCUT2D eigenvalue weighted by Crippen LogP contribution is 2.26. The molecule has 0 atom stereocenters. The zero-order valence-corrected chi connectivity index (χ0v) is 9.46. The Hall–Kier alpha value is -0.610. The zero-order valence-electron chi connectivity index (χ0n) is 9.46. The van der Waals surface area contributed by atoms with Crippen LogP contribution in [0.1, 0.15) is 38.5 Å². The van der Waals surface area contributed by atoms with Crippen molar-refractivity contribution in [1.82, 2.24) is 0 Å². The molecule has 0 bridgehead atoms. The highest BCUT2D eigenvalue weighted by Gasteiger charge is 2.36. The van der Waals surface area contributed by atoms with E-state index in [2.05, 4.69) is 0 Å². The molecular weight excluding hydrogens is 194 g/mol. The summed E-state index contributed by atoms with van der Waals surface area (Å²) in [5, 5.41) is 0. The van der Waals surface area contributed by atoms with Crippen molar-refractivity contribution in [3.63, 3.8) is 0 Å². The molecule has 1 aliphatic carbocycles. The van der Waals surface area contributed by atoms with Crippen LogP contribution in [0.25, 0.3) is 0 Å². The highest BCUT2D eigenvalue weighted by atomic mass is 16.5. The SMILES string of the molecule is COCCCOC(=O)C1(N)CCCCC1. The van der Waals surface area contributed by atoms with Gasteiger partial charge in [-0.05, 0) is 12.8 Å². The van der Waals surface area contributed by atoms with Crippen molar-refractivity contribution < 1.29 is 14.3 Å². The number of nitrogens with two attached hydrogens (primary N) is 1. The molecule has 0 aromatic carbocycles. The van der Waals surface area contributed by atoms with E-state index in [-0.39, 0.29) is 5.97 Å². The van der Waals surface area contributed by atoms with Crippen LogP contribution in [0.5, 0.6) is 0 Å². The Balaban J connectivity index is 2.25. The van der Waals surface area contributed by atoms with E-state index in [1.54, 1.807) is 7.11 Å². The van der Waals surface area contributed by atoms with Gasteiger partial charge in [-0.3, -0.25) is 4.79 Å². The predicted octanol–water partition coefficient (Wildman–Crippen LogP) is 1.23. The van der Waals surface area contributed by atoms with Crippen molar-refractivity contribution in [3.8, 4) is 0 Å². The molecule has 0 aromatic heterocycles. The van der Waals surface area contributed by atoms with Crippen LogP contribution >= 0.6 is 0 Å². The van der Waals surface area contributed by atoms with Crippen LogP contribution in [0.3, 0.4) is 0 Å². The Labute approximate surface area is 91.1 Å². The number of methoxy groups -OCH3 is 1.